The Kier molecular flexibility index (Phi) is 5.58. The van der Waals surface area contributed by atoms with Gasteiger partial charge in [0.05, 0.1) is 6.17 Å². The van der Waals surface area contributed by atoms with Crippen LogP contribution in [0, 0.1) is 0 Å². The van der Waals surface area contributed by atoms with Crippen LogP contribution in [0.3, 0.4) is 0 Å². The zero-order chi connectivity index (χ0) is 11.3. The highest BCUT2D eigenvalue weighted by molar-refractivity contribution is 4.75. The van der Waals surface area contributed by atoms with Crippen molar-refractivity contribution >= 4 is 0 Å². The maximum atomic E-state index is 2.61. The molecule has 1 unspecified atom stereocenters. The van der Waals surface area contributed by atoms with Gasteiger partial charge in [0, 0.05) is 26.2 Å². The third-order valence-electron chi connectivity index (χ3n) is 3.72. The van der Waals surface area contributed by atoms with Crippen molar-refractivity contribution in [3.63, 3.8) is 0 Å². The van der Waals surface area contributed by atoms with E-state index in [1.165, 1.54) is 32.7 Å². The summed E-state index contributed by atoms with van der Waals surface area (Å²) in [7, 11) is 0. The quantitative estimate of drug-likeness (QED) is 0.682. The molecule has 90 valence electrons. The normalized spacial score (nSPS) is 22.2. The first-order chi connectivity index (χ1) is 7.22. The number of hydrogen-bond donors (Lipinski definition) is 0. The number of hydrogen-bond acceptors (Lipinski definition) is 3. The first-order valence-corrected chi connectivity index (χ1v) is 6.43. The van der Waals surface area contributed by atoms with Crippen LogP contribution >= 0.6 is 0 Å². The third kappa shape index (κ3) is 3.44. The van der Waals surface area contributed by atoms with E-state index in [0.717, 1.165) is 13.1 Å². The molecule has 0 aromatic carbocycles. The molecule has 1 aliphatic heterocycles. The van der Waals surface area contributed by atoms with E-state index in [9.17, 15) is 0 Å². The minimum Gasteiger partial charge on any atom is -0.301 e. The minimum absolute atomic E-state index is 0.610. The second-order valence-corrected chi connectivity index (χ2v) is 4.32. The Labute approximate surface area is 95.0 Å². The Morgan fingerprint density at radius 2 is 1.53 bits per heavy atom. The Hall–Kier alpha value is -0.120. The number of likely N-dealkylation sites (N-methyl/N-ethyl adjacent to an activating group) is 1. The maximum Gasteiger partial charge on any atom is 0.0594 e. The molecule has 0 amide bonds. The molecule has 0 saturated carbocycles. The van der Waals surface area contributed by atoms with E-state index in [2.05, 4.69) is 42.4 Å². The number of nitrogens with zero attached hydrogens (tertiary/aromatic N) is 3. The third-order valence-corrected chi connectivity index (χ3v) is 3.72. The van der Waals surface area contributed by atoms with Gasteiger partial charge in [-0.25, -0.2) is 0 Å². The second-order valence-electron chi connectivity index (χ2n) is 4.32. The van der Waals surface area contributed by atoms with Gasteiger partial charge in [-0.3, -0.25) is 9.80 Å². The van der Waals surface area contributed by atoms with Crippen LogP contribution in [0.25, 0.3) is 0 Å². The summed E-state index contributed by atoms with van der Waals surface area (Å²) in [5.41, 5.74) is 0. The van der Waals surface area contributed by atoms with Gasteiger partial charge in [0.2, 0.25) is 0 Å². The predicted molar refractivity (Wildman–Crippen MR) is 66.1 cm³/mol. The SMILES string of the molecule is CCN1CCN(C(C)N(CC)CC)CC1. The molecule has 0 spiro atoms. The van der Waals surface area contributed by atoms with Crippen molar-refractivity contribution in [2.75, 3.05) is 45.8 Å². The van der Waals surface area contributed by atoms with Gasteiger partial charge in [-0.1, -0.05) is 20.8 Å². The molecule has 3 nitrogen and oxygen atoms in total. The van der Waals surface area contributed by atoms with Crippen LogP contribution in [0.4, 0.5) is 0 Å². The van der Waals surface area contributed by atoms with E-state index in [-0.39, 0.29) is 0 Å². The van der Waals surface area contributed by atoms with Gasteiger partial charge >= 0.3 is 0 Å². The average Bonchev–Trinajstić information content (AvgIpc) is 2.30. The number of piperazine rings is 1. The lowest BCUT2D eigenvalue weighted by atomic mass is 10.2. The summed E-state index contributed by atoms with van der Waals surface area (Å²) >= 11 is 0. The maximum absolute atomic E-state index is 2.61. The molecule has 1 saturated heterocycles. The van der Waals surface area contributed by atoms with Crippen LogP contribution in [-0.2, 0) is 0 Å². The molecular weight excluding hydrogens is 186 g/mol. The summed E-state index contributed by atoms with van der Waals surface area (Å²) in [5.74, 6) is 0. The molecule has 0 N–H and O–H groups in total. The van der Waals surface area contributed by atoms with Crippen molar-refractivity contribution in [2.24, 2.45) is 0 Å². The largest absolute Gasteiger partial charge is 0.301 e. The Morgan fingerprint density at radius 3 is 1.93 bits per heavy atom. The van der Waals surface area contributed by atoms with Crippen LogP contribution in [0.15, 0.2) is 0 Å². The van der Waals surface area contributed by atoms with Crippen LogP contribution in [-0.4, -0.2) is 66.7 Å². The smallest absolute Gasteiger partial charge is 0.0594 e. The summed E-state index contributed by atoms with van der Waals surface area (Å²) in [6, 6.07) is 0. The molecule has 0 aromatic rings. The second kappa shape index (κ2) is 6.46. The van der Waals surface area contributed by atoms with E-state index in [4.69, 9.17) is 0 Å². The highest BCUT2D eigenvalue weighted by Crippen LogP contribution is 2.09. The van der Waals surface area contributed by atoms with Gasteiger partial charge in [0.1, 0.15) is 0 Å². The van der Waals surface area contributed by atoms with E-state index < -0.39 is 0 Å². The number of rotatable bonds is 5. The summed E-state index contributed by atoms with van der Waals surface area (Å²) < 4.78 is 0. The Morgan fingerprint density at radius 1 is 1.00 bits per heavy atom. The predicted octanol–water partition coefficient (Wildman–Crippen LogP) is 1.31. The molecule has 3 heteroatoms. The molecule has 1 atom stereocenters. The topological polar surface area (TPSA) is 9.72 Å². The van der Waals surface area contributed by atoms with Gasteiger partial charge in [0.15, 0.2) is 0 Å². The molecule has 15 heavy (non-hydrogen) atoms. The van der Waals surface area contributed by atoms with Gasteiger partial charge in [-0.05, 0) is 26.6 Å². The van der Waals surface area contributed by atoms with E-state index >= 15 is 0 Å². The van der Waals surface area contributed by atoms with E-state index in [0.29, 0.717) is 6.17 Å². The van der Waals surface area contributed by atoms with Crippen molar-refractivity contribution < 1.29 is 0 Å². The van der Waals surface area contributed by atoms with E-state index in [1.807, 2.05) is 0 Å². The van der Waals surface area contributed by atoms with Crippen molar-refractivity contribution in [1.82, 2.24) is 14.7 Å². The summed E-state index contributed by atoms with van der Waals surface area (Å²) in [6.45, 7) is 17.6. The monoisotopic (exact) mass is 213 g/mol. The lowest BCUT2D eigenvalue weighted by Crippen LogP contribution is -2.54. The molecule has 0 aromatic heterocycles. The standard InChI is InChI=1S/C12H27N3/c1-5-13-8-10-15(11-9-13)12(4)14(6-2)7-3/h12H,5-11H2,1-4H3. The fraction of sp³-hybridized carbons (Fsp3) is 1.00. The fourth-order valence-corrected chi connectivity index (χ4v) is 2.44. The van der Waals surface area contributed by atoms with E-state index in [1.54, 1.807) is 0 Å². The lowest BCUT2D eigenvalue weighted by molar-refractivity contribution is 0.0237. The van der Waals surface area contributed by atoms with Crippen molar-refractivity contribution in [3.8, 4) is 0 Å². The van der Waals surface area contributed by atoms with Crippen LogP contribution < -0.4 is 0 Å². The highest BCUT2D eigenvalue weighted by Gasteiger charge is 2.22. The summed E-state index contributed by atoms with van der Waals surface area (Å²) in [6.07, 6.45) is 0.610. The molecule has 1 aliphatic rings. The first-order valence-electron chi connectivity index (χ1n) is 6.43. The zero-order valence-corrected chi connectivity index (χ0v) is 10.9. The molecule has 1 rings (SSSR count). The summed E-state index contributed by atoms with van der Waals surface area (Å²) in [5, 5.41) is 0. The van der Waals surface area contributed by atoms with Crippen LogP contribution in [0.5, 0.6) is 0 Å². The summed E-state index contributed by atoms with van der Waals surface area (Å²) in [4.78, 5) is 7.67. The highest BCUT2D eigenvalue weighted by atomic mass is 15.4. The lowest BCUT2D eigenvalue weighted by Gasteiger charge is -2.41. The fourth-order valence-electron chi connectivity index (χ4n) is 2.44. The van der Waals surface area contributed by atoms with Gasteiger partial charge < -0.3 is 4.90 Å². The van der Waals surface area contributed by atoms with Crippen LogP contribution in [0.1, 0.15) is 27.7 Å². The average molecular weight is 213 g/mol. The van der Waals surface area contributed by atoms with Gasteiger partial charge in [0.25, 0.3) is 0 Å². The molecule has 1 heterocycles. The van der Waals surface area contributed by atoms with Crippen molar-refractivity contribution in [2.45, 2.75) is 33.9 Å². The Bertz CT molecular complexity index is 160. The van der Waals surface area contributed by atoms with Crippen molar-refractivity contribution in [1.29, 1.82) is 0 Å². The molecule has 0 aliphatic carbocycles. The molecule has 0 radical (unpaired) electrons. The van der Waals surface area contributed by atoms with Crippen molar-refractivity contribution in [3.05, 3.63) is 0 Å². The molecule has 1 fully saturated rings. The van der Waals surface area contributed by atoms with Gasteiger partial charge in [-0.2, -0.15) is 0 Å². The molecule has 0 bridgehead atoms. The zero-order valence-electron chi connectivity index (χ0n) is 10.9. The Balaban J connectivity index is 2.38. The van der Waals surface area contributed by atoms with Crippen LogP contribution in [0.2, 0.25) is 0 Å². The first kappa shape index (κ1) is 12.9. The van der Waals surface area contributed by atoms with Gasteiger partial charge in [-0.15, -0.1) is 0 Å². The molecular formula is C12H27N3. The minimum atomic E-state index is 0.610.